The molecule has 0 saturated heterocycles. The summed E-state index contributed by atoms with van der Waals surface area (Å²) in [5, 5.41) is 12.0. The lowest BCUT2D eigenvalue weighted by Crippen LogP contribution is -2.25. The molecule has 20 heavy (non-hydrogen) atoms. The van der Waals surface area contributed by atoms with Crippen molar-refractivity contribution in [3.63, 3.8) is 0 Å². The Balaban J connectivity index is 2.12. The van der Waals surface area contributed by atoms with Crippen LogP contribution < -0.4 is 5.56 Å². The normalized spacial score (nSPS) is 11.4. The number of aromatic nitrogens is 8. The molecule has 0 N–H and O–H groups in total. The van der Waals surface area contributed by atoms with Crippen molar-refractivity contribution in [1.82, 2.24) is 39.1 Å². The number of aryl methyl sites for hydroxylation is 1. The van der Waals surface area contributed by atoms with Gasteiger partial charge in [-0.2, -0.15) is 9.50 Å². The van der Waals surface area contributed by atoms with Crippen LogP contribution in [0.3, 0.4) is 0 Å². The highest BCUT2D eigenvalue weighted by atomic mass is 16.1. The van der Waals surface area contributed by atoms with Crippen LogP contribution in [0.25, 0.3) is 16.7 Å². The topological polar surface area (TPSA) is 95.8 Å². The molecule has 4 aromatic rings. The summed E-state index contributed by atoms with van der Waals surface area (Å²) >= 11 is 0. The fraction of sp³-hybridized carbons (Fsp3) is 0.0909. The number of hydrogen-bond donors (Lipinski definition) is 0. The van der Waals surface area contributed by atoms with Crippen LogP contribution in [0.15, 0.2) is 35.9 Å². The molecule has 0 radical (unpaired) electrons. The van der Waals surface area contributed by atoms with E-state index in [1.807, 2.05) is 0 Å². The minimum atomic E-state index is -0.232. The SMILES string of the molecule is Cc1nc2ncc3c(=O)n(-n4cnnc4)ccc3n2n1. The Morgan fingerprint density at radius 1 is 1.20 bits per heavy atom. The van der Waals surface area contributed by atoms with Gasteiger partial charge in [0.2, 0.25) is 0 Å². The lowest BCUT2D eigenvalue weighted by atomic mass is 10.3. The largest absolute Gasteiger partial charge is 0.280 e. The van der Waals surface area contributed by atoms with E-state index in [9.17, 15) is 4.79 Å². The molecule has 9 nitrogen and oxygen atoms in total. The quantitative estimate of drug-likeness (QED) is 0.468. The number of hydrogen-bond acceptors (Lipinski definition) is 6. The zero-order chi connectivity index (χ0) is 13.7. The molecule has 0 fully saturated rings. The van der Waals surface area contributed by atoms with Crippen molar-refractivity contribution in [2.24, 2.45) is 0 Å². The summed E-state index contributed by atoms with van der Waals surface area (Å²) in [7, 11) is 0. The molecule has 0 aliphatic carbocycles. The average Bonchev–Trinajstić information content (AvgIpc) is 3.07. The van der Waals surface area contributed by atoms with E-state index < -0.39 is 0 Å². The zero-order valence-electron chi connectivity index (χ0n) is 10.4. The van der Waals surface area contributed by atoms with E-state index in [4.69, 9.17) is 0 Å². The van der Waals surface area contributed by atoms with Crippen molar-refractivity contribution in [2.45, 2.75) is 6.92 Å². The second-order valence-corrected chi connectivity index (χ2v) is 4.24. The lowest BCUT2D eigenvalue weighted by Gasteiger charge is -2.06. The Kier molecular flexibility index (Phi) is 1.99. The smallest absolute Gasteiger partial charge is 0.267 e. The average molecular weight is 268 g/mol. The van der Waals surface area contributed by atoms with Crippen molar-refractivity contribution >= 4 is 16.7 Å². The van der Waals surface area contributed by atoms with Crippen molar-refractivity contribution in [2.75, 3.05) is 0 Å². The maximum atomic E-state index is 12.5. The molecule has 0 aliphatic heterocycles. The first-order valence-electron chi connectivity index (χ1n) is 5.83. The molecule has 0 unspecified atom stereocenters. The third-order valence-electron chi connectivity index (χ3n) is 2.98. The van der Waals surface area contributed by atoms with E-state index in [1.165, 1.54) is 28.2 Å². The third kappa shape index (κ3) is 1.37. The summed E-state index contributed by atoms with van der Waals surface area (Å²) < 4.78 is 4.43. The van der Waals surface area contributed by atoms with Gasteiger partial charge in [-0.25, -0.2) is 14.3 Å². The van der Waals surface area contributed by atoms with Crippen molar-refractivity contribution in [3.05, 3.63) is 47.3 Å². The van der Waals surface area contributed by atoms with Gasteiger partial charge in [0, 0.05) is 12.4 Å². The van der Waals surface area contributed by atoms with E-state index in [1.54, 1.807) is 23.7 Å². The second-order valence-electron chi connectivity index (χ2n) is 4.24. The molecule has 0 atom stereocenters. The summed E-state index contributed by atoms with van der Waals surface area (Å²) in [5.41, 5.74) is 0.426. The fourth-order valence-electron chi connectivity index (χ4n) is 2.10. The number of fused-ring (bicyclic) bond motifs is 3. The summed E-state index contributed by atoms with van der Waals surface area (Å²) in [5.74, 6) is 1.07. The molecule has 4 rings (SSSR count). The Morgan fingerprint density at radius 3 is 2.80 bits per heavy atom. The lowest BCUT2D eigenvalue weighted by molar-refractivity contribution is 0.632. The monoisotopic (exact) mass is 268 g/mol. The minimum Gasteiger partial charge on any atom is -0.267 e. The van der Waals surface area contributed by atoms with Crippen molar-refractivity contribution in [3.8, 4) is 0 Å². The summed E-state index contributed by atoms with van der Waals surface area (Å²) in [6, 6.07) is 1.78. The van der Waals surface area contributed by atoms with Crippen LogP contribution >= 0.6 is 0 Å². The molecule has 9 heteroatoms. The van der Waals surface area contributed by atoms with Gasteiger partial charge < -0.3 is 0 Å². The molecule has 0 spiro atoms. The molecule has 98 valence electrons. The standard InChI is InChI=1S/C11H8N8O/c1-7-15-11-12-4-8-9(19(11)16-7)2-3-18(10(8)20)17-5-13-14-6-17/h2-6H,1H3. The molecule has 0 saturated carbocycles. The zero-order valence-corrected chi connectivity index (χ0v) is 10.4. The fourth-order valence-corrected chi connectivity index (χ4v) is 2.10. The van der Waals surface area contributed by atoms with Gasteiger partial charge in [-0.15, -0.1) is 15.3 Å². The van der Waals surface area contributed by atoms with Gasteiger partial charge >= 0.3 is 0 Å². The van der Waals surface area contributed by atoms with Gasteiger partial charge in [-0.05, 0) is 13.0 Å². The molecule has 4 heterocycles. The Labute approximate surface area is 111 Å². The van der Waals surface area contributed by atoms with Gasteiger partial charge in [0.1, 0.15) is 18.5 Å². The van der Waals surface area contributed by atoms with Crippen LogP contribution in [-0.4, -0.2) is 39.1 Å². The van der Waals surface area contributed by atoms with Crippen LogP contribution in [0.4, 0.5) is 0 Å². The first-order valence-corrected chi connectivity index (χ1v) is 5.83. The van der Waals surface area contributed by atoms with Crippen molar-refractivity contribution in [1.29, 1.82) is 0 Å². The number of pyridine rings is 1. The second kappa shape index (κ2) is 3.70. The predicted molar refractivity (Wildman–Crippen MR) is 68.1 cm³/mol. The highest BCUT2D eigenvalue weighted by Crippen LogP contribution is 2.09. The molecule has 0 amide bonds. The molecule has 0 bridgehead atoms. The highest BCUT2D eigenvalue weighted by molar-refractivity contribution is 5.78. The molecular weight excluding hydrogens is 260 g/mol. The number of rotatable bonds is 1. The maximum Gasteiger partial charge on any atom is 0.280 e. The third-order valence-corrected chi connectivity index (χ3v) is 2.98. The Bertz CT molecular complexity index is 981. The van der Waals surface area contributed by atoms with E-state index in [-0.39, 0.29) is 5.56 Å². The first kappa shape index (κ1) is 10.8. The van der Waals surface area contributed by atoms with E-state index in [0.29, 0.717) is 22.5 Å². The summed E-state index contributed by atoms with van der Waals surface area (Å²) in [4.78, 5) is 20.8. The van der Waals surface area contributed by atoms with Crippen LogP contribution in [0, 0.1) is 6.92 Å². The van der Waals surface area contributed by atoms with Crippen LogP contribution in [0.1, 0.15) is 5.82 Å². The van der Waals surface area contributed by atoms with Gasteiger partial charge in [0.05, 0.1) is 10.9 Å². The predicted octanol–water partition coefficient (Wildman–Crippen LogP) is -0.349. The van der Waals surface area contributed by atoms with E-state index in [2.05, 4.69) is 25.3 Å². The van der Waals surface area contributed by atoms with Crippen LogP contribution in [0.5, 0.6) is 0 Å². The van der Waals surface area contributed by atoms with Crippen LogP contribution in [-0.2, 0) is 0 Å². The Morgan fingerprint density at radius 2 is 2.00 bits per heavy atom. The minimum absolute atomic E-state index is 0.232. The highest BCUT2D eigenvalue weighted by Gasteiger charge is 2.10. The van der Waals surface area contributed by atoms with Gasteiger partial charge in [-0.3, -0.25) is 4.79 Å². The Hall–Kier alpha value is -3.10. The van der Waals surface area contributed by atoms with E-state index >= 15 is 0 Å². The van der Waals surface area contributed by atoms with Gasteiger partial charge in [0.25, 0.3) is 11.3 Å². The molecule has 4 aromatic heterocycles. The molecule has 0 aromatic carbocycles. The van der Waals surface area contributed by atoms with Crippen LogP contribution in [0.2, 0.25) is 0 Å². The maximum absolute atomic E-state index is 12.5. The first-order chi connectivity index (χ1) is 9.74. The molecular formula is C11H8N8O. The summed E-state index contributed by atoms with van der Waals surface area (Å²) in [6.07, 6.45) is 6.02. The van der Waals surface area contributed by atoms with Gasteiger partial charge in [-0.1, -0.05) is 0 Å². The van der Waals surface area contributed by atoms with Crippen molar-refractivity contribution < 1.29 is 0 Å². The molecule has 0 aliphatic rings. The summed E-state index contributed by atoms with van der Waals surface area (Å²) in [6.45, 7) is 1.78. The number of nitrogens with zero attached hydrogens (tertiary/aromatic N) is 8. The van der Waals surface area contributed by atoms with E-state index in [0.717, 1.165) is 0 Å². The van der Waals surface area contributed by atoms with Gasteiger partial charge in [0.15, 0.2) is 0 Å².